The molecule has 1 fully saturated rings. The number of alkyl halides is 1. The molecule has 94 valence electrons. The zero-order valence-corrected chi connectivity index (χ0v) is 11.1. The Kier molecular flexibility index (Phi) is 4.98. The minimum atomic E-state index is -0.274. The van der Waals surface area contributed by atoms with E-state index in [0.29, 0.717) is 25.5 Å². The Balaban J connectivity index is 1.90. The number of Topliss-reactive ketones (excluding diaryl/α,β-unsaturated/α-hetero) is 1. The second-order valence-electron chi connectivity index (χ2n) is 3.84. The van der Waals surface area contributed by atoms with Gasteiger partial charge in [0.2, 0.25) is 0 Å². The van der Waals surface area contributed by atoms with Crippen LogP contribution < -0.4 is 0 Å². The first kappa shape index (κ1) is 13.0. The standard InChI is InChI=1S/C12H15ClO3S/c13-6-2-1-3-9(14)10-4-5-11(17-10)12-15-7-8-16-12/h4-5,12H,1-3,6-8H2. The molecule has 2 rings (SSSR count). The SMILES string of the molecule is O=C(CCCCCl)c1ccc(C2OCCO2)s1. The Labute approximate surface area is 110 Å². The second-order valence-corrected chi connectivity index (χ2v) is 5.34. The summed E-state index contributed by atoms with van der Waals surface area (Å²) in [7, 11) is 0. The normalized spacial score (nSPS) is 16.5. The fourth-order valence-corrected chi connectivity index (χ4v) is 2.82. The van der Waals surface area contributed by atoms with Gasteiger partial charge in [0.05, 0.1) is 23.0 Å². The van der Waals surface area contributed by atoms with Crippen LogP contribution in [0, 0.1) is 0 Å². The summed E-state index contributed by atoms with van der Waals surface area (Å²) in [5, 5.41) is 0. The van der Waals surface area contributed by atoms with Crippen LogP contribution in [0.4, 0.5) is 0 Å². The van der Waals surface area contributed by atoms with E-state index in [1.807, 2.05) is 12.1 Å². The summed E-state index contributed by atoms with van der Waals surface area (Å²) in [4.78, 5) is 13.6. The van der Waals surface area contributed by atoms with Gasteiger partial charge in [0, 0.05) is 12.3 Å². The van der Waals surface area contributed by atoms with Gasteiger partial charge in [-0.1, -0.05) is 0 Å². The number of rotatable bonds is 6. The van der Waals surface area contributed by atoms with Crippen LogP contribution in [-0.4, -0.2) is 24.9 Å². The van der Waals surface area contributed by atoms with E-state index >= 15 is 0 Å². The zero-order valence-electron chi connectivity index (χ0n) is 9.49. The molecular weight excluding hydrogens is 260 g/mol. The van der Waals surface area contributed by atoms with Crippen molar-refractivity contribution >= 4 is 28.7 Å². The molecule has 0 aliphatic carbocycles. The highest BCUT2D eigenvalue weighted by atomic mass is 35.5. The van der Waals surface area contributed by atoms with Crippen LogP contribution in [0.5, 0.6) is 0 Å². The van der Waals surface area contributed by atoms with Crippen molar-refractivity contribution in [2.45, 2.75) is 25.6 Å². The summed E-state index contributed by atoms with van der Waals surface area (Å²) in [6.07, 6.45) is 2.04. The van der Waals surface area contributed by atoms with Crippen molar-refractivity contribution in [1.82, 2.24) is 0 Å². The van der Waals surface area contributed by atoms with Crippen LogP contribution in [0.15, 0.2) is 12.1 Å². The highest BCUT2D eigenvalue weighted by Gasteiger charge is 2.21. The molecule has 0 unspecified atom stereocenters. The van der Waals surface area contributed by atoms with Crippen molar-refractivity contribution in [2.24, 2.45) is 0 Å². The number of hydrogen-bond donors (Lipinski definition) is 0. The average molecular weight is 275 g/mol. The van der Waals surface area contributed by atoms with Gasteiger partial charge in [-0.15, -0.1) is 22.9 Å². The van der Waals surface area contributed by atoms with Crippen LogP contribution in [0.25, 0.3) is 0 Å². The van der Waals surface area contributed by atoms with E-state index in [1.165, 1.54) is 11.3 Å². The lowest BCUT2D eigenvalue weighted by Crippen LogP contribution is -1.96. The fraction of sp³-hybridized carbons (Fsp3) is 0.583. The molecule has 2 heterocycles. The molecule has 17 heavy (non-hydrogen) atoms. The predicted octanol–water partition coefficient (Wildman–Crippen LogP) is 3.39. The van der Waals surface area contributed by atoms with Gasteiger partial charge in [-0.2, -0.15) is 0 Å². The molecule has 0 bridgehead atoms. The number of hydrogen-bond acceptors (Lipinski definition) is 4. The molecule has 5 heteroatoms. The van der Waals surface area contributed by atoms with Crippen LogP contribution >= 0.6 is 22.9 Å². The molecule has 0 saturated carbocycles. The largest absolute Gasteiger partial charge is 0.345 e. The Bertz CT molecular complexity index is 372. The molecule has 1 aliphatic heterocycles. The van der Waals surface area contributed by atoms with Crippen molar-refractivity contribution in [2.75, 3.05) is 19.1 Å². The van der Waals surface area contributed by atoms with Gasteiger partial charge in [0.1, 0.15) is 0 Å². The first-order valence-corrected chi connectivity index (χ1v) is 7.08. The van der Waals surface area contributed by atoms with Gasteiger partial charge >= 0.3 is 0 Å². The third-order valence-electron chi connectivity index (χ3n) is 2.54. The summed E-state index contributed by atoms with van der Waals surface area (Å²) in [6, 6.07) is 3.77. The lowest BCUT2D eigenvalue weighted by Gasteiger charge is -2.04. The quantitative estimate of drug-likeness (QED) is 0.453. The molecule has 0 radical (unpaired) electrons. The molecule has 0 N–H and O–H groups in total. The van der Waals surface area contributed by atoms with E-state index < -0.39 is 0 Å². The molecule has 3 nitrogen and oxygen atoms in total. The molecular formula is C12H15ClO3S. The number of ketones is 1. The topological polar surface area (TPSA) is 35.5 Å². The lowest BCUT2D eigenvalue weighted by molar-refractivity contribution is -0.0413. The second kappa shape index (κ2) is 6.50. The molecule has 1 saturated heterocycles. The number of carbonyl (C=O) groups is 1. The lowest BCUT2D eigenvalue weighted by atomic mass is 10.1. The van der Waals surface area contributed by atoms with E-state index in [1.54, 1.807) is 0 Å². The fourth-order valence-electron chi connectivity index (χ4n) is 1.66. The maximum atomic E-state index is 11.8. The third-order valence-corrected chi connectivity index (χ3v) is 3.96. The van der Waals surface area contributed by atoms with E-state index in [2.05, 4.69) is 0 Å². The predicted molar refractivity (Wildman–Crippen MR) is 67.9 cm³/mol. The number of thiophene rings is 1. The Morgan fingerprint density at radius 3 is 2.82 bits per heavy atom. The molecule has 1 aromatic heterocycles. The van der Waals surface area contributed by atoms with Crippen molar-refractivity contribution in [3.8, 4) is 0 Å². The Morgan fingerprint density at radius 1 is 1.35 bits per heavy atom. The average Bonchev–Trinajstić information content (AvgIpc) is 3.00. The molecule has 1 aromatic rings. The van der Waals surface area contributed by atoms with Gasteiger partial charge in [-0.25, -0.2) is 0 Å². The first-order chi connectivity index (χ1) is 8.31. The number of halogens is 1. The van der Waals surface area contributed by atoms with Crippen LogP contribution in [0.2, 0.25) is 0 Å². The van der Waals surface area contributed by atoms with Crippen molar-refractivity contribution in [1.29, 1.82) is 0 Å². The zero-order chi connectivity index (χ0) is 12.1. The molecule has 0 spiro atoms. The van der Waals surface area contributed by atoms with Gasteiger partial charge < -0.3 is 9.47 Å². The van der Waals surface area contributed by atoms with E-state index in [4.69, 9.17) is 21.1 Å². The monoisotopic (exact) mass is 274 g/mol. The van der Waals surface area contributed by atoms with Gasteiger partial charge in [-0.3, -0.25) is 4.79 Å². The van der Waals surface area contributed by atoms with Gasteiger partial charge in [0.25, 0.3) is 0 Å². The van der Waals surface area contributed by atoms with Crippen molar-refractivity contribution < 1.29 is 14.3 Å². The summed E-state index contributed by atoms with van der Waals surface area (Å²) in [5.74, 6) is 0.802. The smallest absolute Gasteiger partial charge is 0.193 e. The summed E-state index contributed by atoms with van der Waals surface area (Å²) >= 11 is 7.04. The number of carbonyl (C=O) groups excluding carboxylic acids is 1. The van der Waals surface area contributed by atoms with Crippen molar-refractivity contribution in [3.63, 3.8) is 0 Å². The maximum absolute atomic E-state index is 11.8. The number of ether oxygens (including phenoxy) is 2. The summed E-state index contributed by atoms with van der Waals surface area (Å²) < 4.78 is 10.8. The maximum Gasteiger partial charge on any atom is 0.193 e. The van der Waals surface area contributed by atoms with E-state index in [-0.39, 0.29) is 12.1 Å². The van der Waals surface area contributed by atoms with Crippen LogP contribution in [0.1, 0.15) is 40.1 Å². The third kappa shape index (κ3) is 3.52. The van der Waals surface area contributed by atoms with Gasteiger partial charge in [-0.05, 0) is 25.0 Å². The summed E-state index contributed by atoms with van der Waals surface area (Å²) in [6.45, 7) is 1.25. The van der Waals surface area contributed by atoms with Gasteiger partial charge in [0.15, 0.2) is 12.1 Å². The van der Waals surface area contributed by atoms with E-state index in [9.17, 15) is 4.79 Å². The number of unbranched alkanes of at least 4 members (excludes halogenated alkanes) is 1. The summed E-state index contributed by atoms with van der Waals surface area (Å²) in [5.41, 5.74) is 0. The molecule has 0 atom stereocenters. The minimum Gasteiger partial charge on any atom is -0.345 e. The van der Waals surface area contributed by atoms with Crippen molar-refractivity contribution in [3.05, 3.63) is 21.9 Å². The van der Waals surface area contributed by atoms with Crippen LogP contribution in [-0.2, 0) is 9.47 Å². The first-order valence-electron chi connectivity index (χ1n) is 5.73. The minimum absolute atomic E-state index is 0.185. The molecule has 0 amide bonds. The van der Waals surface area contributed by atoms with Crippen LogP contribution in [0.3, 0.4) is 0 Å². The Hall–Kier alpha value is -0.420. The highest BCUT2D eigenvalue weighted by Crippen LogP contribution is 2.30. The highest BCUT2D eigenvalue weighted by molar-refractivity contribution is 7.14. The van der Waals surface area contributed by atoms with E-state index in [0.717, 1.165) is 22.6 Å². The Morgan fingerprint density at radius 2 is 2.12 bits per heavy atom. The molecule has 1 aliphatic rings. The molecule has 0 aromatic carbocycles.